The summed E-state index contributed by atoms with van der Waals surface area (Å²) in [6, 6.07) is 58.1. The first-order valence-corrected chi connectivity index (χ1v) is 21.1. The number of rotatable bonds is 2. The van der Waals surface area contributed by atoms with E-state index in [9.17, 15) is 0 Å². The summed E-state index contributed by atoms with van der Waals surface area (Å²) < 4.78 is 13.7. The summed E-state index contributed by atoms with van der Waals surface area (Å²) in [6.45, 7) is 11.5. The zero-order valence-corrected chi connectivity index (χ0v) is 34.3. The van der Waals surface area contributed by atoms with Crippen molar-refractivity contribution < 1.29 is 8.83 Å². The molecule has 0 atom stereocenters. The third-order valence-corrected chi connectivity index (χ3v) is 13.8. The lowest BCUT2D eigenvalue weighted by Crippen LogP contribution is -2.63. The molecule has 2 aromatic heterocycles. The minimum absolute atomic E-state index is 0.0450. The number of anilines is 5. The summed E-state index contributed by atoms with van der Waals surface area (Å²) in [4.78, 5) is 5.20. The van der Waals surface area contributed by atoms with E-state index in [1.165, 1.54) is 66.6 Å². The zero-order chi connectivity index (χ0) is 40.2. The van der Waals surface area contributed by atoms with Crippen molar-refractivity contribution in [2.24, 2.45) is 0 Å². The Morgan fingerprint density at radius 1 is 0.517 bits per heavy atom. The smallest absolute Gasteiger partial charge is 0.333 e. The van der Waals surface area contributed by atoms with E-state index in [0.29, 0.717) is 0 Å². The van der Waals surface area contributed by atoms with Crippen LogP contribution in [0.3, 0.4) is 0 Å². The molecule has 4 nitrogen and oxygen atoms in total. The highest BCUT2D eigenvalue weighted by Gasteiger charge is 2.51. The first-order valence-electron chi connectivity index (χ1n) is 21.1. The van der Waals surface area contributed by atoms with Crippen molar-refractivity contribution in [1.82, 2.24) is 0 Å². The van der Waals surface area contributed by atoms with E-state index >= 15 is 0 Å². The van der Waals surface area contributed by atoms with Crippen molar-refractivity contribution >= 4 is 90.1 Å². The normalized spacial score (nSPS) is 14.8. The highest BCUT2D eigenvalue weighted by molar-refractivity contribution is 6.94. The average molecular weight is 773 g/mol. The van der Waals surface area contributed by atoms with Gasteiger partial charge in [0, 0.05) is 73.0 Å². The minimum Gasteiger partial charge on any atom is -0.456 e. The van der Waals surface area contributed by atoms with Crippen LogP contribution in [0.25, 0.3) is 66.1 Å². The Kier molecular flexibility index (Phi) is 6.57. The lowest BCUT2D eigenvalue weighted by Gasteiger charge is -2.51. The molecule has 0 fully saturated rings. The van der Waals surface area contributed by atoms with E-state index < -0.39 is 0 Å². The van der Waals surface area contributed by atoms with Crippen LogP contribution in [-0.4, -0.2) is 6.85 Å². The van der Waals surface area contributed by atoms with Gasteiger partial charge in [-0.3, -0.25) is 0 Å². The molecule has 286 valence electrons. The third-order valence-electron chi connectivity index (χ3n) is 13.8. The molecule has 0 saturated heterocycles. The van der Waals surface area contributed by atoms with E-state index in [2.05, 4.69) is 202 Å². The average Bonchev–Trinajstić information content (AvgIpc) is 3.82. The molecular weight excluding hydrogens is 731 g/mol. The van der Waals surface area contributed by atoms with Gasteiger partial charge in [0.15, 0.2) is 0 Å². The van der Waals surface area contributed by atoms with Crippen LogP contribution in [0.2, 0.25) is 0 Å². The van der Waals surface area contributed by atoms with Gasteiger partial charge >= 0.3 is 6.85 Å². The summed E-state index contributed by atoms with van der Waals surface area (Å²) in [7, 11) is 0. The molecule has 3 aliphatic rings. The predicted molar refractivity (Wildman–Crippen MR) is 251 cm³/mol. The minimum atomic E-state index is -0.223. The molecule has 0 saturated carbocycles. The predicted octanol–water partition coefficient (Wildman–Crippen LogP) is 13.8. The Bertz CT molecular complexity index is 3480. The van der Waals surface area contributed by atoms with Crippen molar-refractivity contribution in [3.63, 3.8) is 0 Å². The Morgan fingerprint density at radius 2 is 1.20 bits per heavy atom. The number of nitrogens with zero attached hydrogens (tertiary/aromatic N) is 2. The van der Waals surface area contributed by atoms with Crippen molar-refractivity contribution in [2.45, 2.75) is 45.4 Å². The summed E-state index contributed by atoms with van der Waals surface area (Å²) in [5.41, 5.74) is 20.5. The molecule has 0 aliphatic carbocycles. The number of fused-ring (bicyclic) bond motifs is 13. The maximum atomic E-state index is 6.93. The maximum Gasteiger partial charge on any atom is 0.333 e. The fourth-order valence-corrected chi connectivity index (χ4v) is 10.9. The molecular formula is C55H41BN2O2. The summed E-state index contributed by atoms with van der Waals surface area (Å²) in [5.74, 6) is 0. The molecule has 0 bridgehead atoms. The van der Waals surface area contributed by atoms with Crippen LogP contribution in [0.5, 0.6) is 0 Å². The van der Waals surface area contributed by atoms with Crippen LogP contribution in [-0.2, 0) is 10.8 Å². The highest BCUT2D eigenvalue weighted by atomic mass is 16.3. The van der Waals surface area contributed by atoms with Gasteiger partial charge in [0.2, 0.25) is 0 Å². The van der Waals surface area contributed by atoms with Gasteiger partial charge < -0.3 is 18.5 Å². The molecule has 10 aromatic rings. The Labute approximate surface area is 349 Å². The van der Waals surface area contributed by atoms with Gasteiger partial charge in [-0.25, -0.2) is 0 Å². The third kappa shape index (κ3) is 4.37. The van der Waals surface area contributed by atoms with Gasteiger partial charge in [0.1, 0.15) is 22.3 Å². The van der Waals surface area contributed by atoms with Crippen LogP contribution in [0.15, 0.2) is 167 Å². The van der Waals surface area contributed by atoms with Crippen LogP contribution in [0, 0.1) is 0 Å². The van der Waals surface area contributed by atoms with Gasteiger partial charge in [0.25, 0.3) is 0 Å². The topological polar surface area (TPSA) is 32.8 Å². The Morgan fingerprint density at radius 3 is 2.02 bits per heavy atom. The number of hydrogen-bond acceptors (Lipinski definition) is 4. The largest absolute Gasteiger partial charge is 0.456 e. The van der Waals surface area contributed by atoms with Gasteiger partial charge in [-0.05, 0) is 74.5 Å². The van der Waals surface area contributed by atoms with Crippen LogP contribution in [0.1, 0.15) is 51.3 Å². The van der Waals surface area contributed by atoms with Crippen molar-refractivity contribution in [2.75, 3.05) is 9.71 Å². The molecule has 0 unspecified atom stereocenters. The number of para-hydroxylation sites is 4. The summed E-state index contributed by atoms with van der Waals surface area (Å²) in [5, 5.41) is 4.56. The SMILES string of the molecule is CC(C)(C)c1ccc(N2c3cc4oc5ccccc5c4cc3B3c4c2cc2oc5ccccc5c2c4-c2cccc4c2N3c2ccccc2C4(C)C)c(-c2ccccc2)c1. The molecule has 60 heavy (non-hydrogen) atoms. The van der Waals surface area contributed by atoms with E-state index in [4.69, 9.17) is 8.83 Å². The molecule has 5 heteroatoms. The lowest BCUT2D eigenvalue weighted by molar-refractivity contribution is 0.590. The van der Waals surface area contributed by atoms with Gasteiger partial charge in [0.05, 0.1) is 5.69 Å². The second-order valence-electron chi connectivity index (χ2n) is 18.5. The van der Waals surface area contributed by atoms with Gasteiger partial charge in [-0.15, -0.1) is 0 Å². The molecule has 13 rings (SSSR count). The number of benzene rings is 8. The van der Waals surface area contributed by atoms with Crippen LogP contribution < -0.4 is 20.6 Å². The molecule has 5 heterocycles. The second-order valence-corrected chi connectivity index (χ2v) is 18.5. The monoisotopic (exact) mass is 772 g/mol. The first-order chi connectivity index (χ1) is 29.2. The summed E-state index contributed by atoms with van der Waals surface area (Å²) in [6.07, 6.45) is 0. The van der Waals surface area contributed by atoms with Crippen molar-refractivity contribution in [3.8, 4) is 22.3 Å². The zero-order valence-electron chi connectivity index (χ0n) is 34.3. The summed E-state index contributed by atoms with van der Waals surface area (Å²) >= 11 is 0. The van der Waals surface area contributed by atoms with Gasteiger partial charge in [-0.1, -0.05) is 150 Å². The molecule has 0 spiro atoms. The molecule has 0 radical (unpaired) electrons. The molecule has 0 amide bonds. The van der Waals surface area contributed by atoms with E-state index in [-0.39, 0.29) is 17.7 Å². The molecule has 3 aliphatic heterocycles. The van der Waals surface area contributed by atoms with Crippen molar-refractivity contribution in [1.29, 1.82) is 0 Å². The van der Waals surface area contributed by atoms with E-state index in [0.717, 1.165) is 55.6 Å². The fourth-order valence-electron chi connectivity index (χ4n) is 10.9. The van der Waals surface area contributed by atoms with Crippen LogP contribution >= 0.6 is 0 Å². The van der Waals surface area contributed by atoms with Crippen LogP contribution in [0.4, 0.5) is 28.4 Å². The van der Waals surface area contributed by atoms with E-state index in [1.807, 2.05) is 0 Å². The van der Waals surface area contributed by atoms with E-state index in [1.54, 1.807) is 0 Å². The fraction of sp³-hybridized carbons (Fsp3) is 0.127. The quantitative estimate of drug-likeness (QED) is 0.164. The molecule has 0 N–H and O–H groups in total. The van der Waals surface area contributed by atoms with Gasteiger partial charge in [-0.2, -0.15) is 0 Å². The Balaban J connectivity index is 1.24. The van der Waals surface area contributed by atoms with Crippen molar-refractivity contribution in [3.05, 3.63) is 174 Å². The number of hydrogen-bond donors (Lipinski definition) is 0. The maximum absolute atomic E-state index is 6.93. The highest BCUT2D eigenvalue weighted by Crippen LogP contribution is 2.58. The standard InChI is InChI=1S/C55H41BN2O2/c1-54(2,3)33-26-27-42(37(28-33)32-16-7-6-8-17-32)57-44-30-48-38(34-18-9-13-24-46(34)59-48)29-41(44)56-52-45(57)31-49-50(35-19-10-14-25-47(35)60-49)51(52)36-20-15-22-40-53(36)58(56)43-23-12-11-21-39(43)55(40,4)5/h6-31H,1-5H3. The first kappa shape index (κ1) is 33.9. The molecule has 8 aromatic carbocycles. The second kappa shape index (κ2) is 11.6. The Hall–Kier alpha value is -6.98. The number of furan rings is 2. The lowest BCUT2D eigenvalue weighted by atomic mass is 9.42.